The lowest BCUT2D eigenvalue weighted by Crippen LogP contribution is -2.41. The number of phenols is 1. The van der Waals surface area contributed by atoms with Crippen LogP contribution < -0.4 is 5.46 Å². The summed E-state index contributed by atoms with van der Waals surface area (Å²) in [7, 11) is -0.537. The molecule has 1 fully saturated rings. The summed E-state index contributed by atoms with van der Waals surface area (Å²) in [5.41, 5.74) is -0.131. The Morgan fingerprint density at radius 1 is 0.900 bits per heavy atom. The molecule has 0 bridgehead atoms. The van der Waals surface area contributed by atoms with Crippen molar-refractivity contribution in [3.63, 3.8) is 0 Å². The smallest absolute Gasteiger partial charge is 0.498 e. The second-order valence-electron chi connectivity index (χ2n) is 6.31. The van der Waals surface area contributed by atoms with Crippen molar-refractivity contribution in [1.82, 2.24) is 0 Å². The lowest BCUT2D eigenvalue weighted by molar-refractivity contribution is 0.00578. The maximum atomic E-state index is 10.5. The zero-order valence-electron chi connectivity index (χ0n) is 12.3. The highest BCUT2D eigenvalue weighted by molar-refractivity contribution is 6.63. The summed E-state index contributed by atoms with van der Waals surface area (Å²) >= 11 is 0. The van der Waals surface area contributed by atoms with Crippen LogP contribution in [0.15, 0.2) is 36.4 Å². The summed E-state index contributed by atoms with van der Waals surface area (Å²) in [5, 5.41) is 12.3. The van der Waals surface area contributed by atoms with Gasteiger partial charge in [-0.05, 0) is 33.1 Å². The highest BCUT2D eigenvalue weighted by Gasteiger charge is 2.52. The molecule has 0 aliphatic carbocycles. The topological polar surface area (TPSA) is 38.7 Å². The molecule has 3 nitrogen and oxygen atoms in total. The van der Waals surface area contributed by atoms with Crippen molar-refractivity contribution in [1.29, 1.82) is 0 Å². The molecule has 1 aliphatic heterocycles. The van der Waals surface area contributed by atoms with Crippen LogP contribution in [0.4, 0.5) is 0 Å². The van der Waals surface area contributed by atoms with Crippen molar-refractivity contribution in [3.8, 4) is 5.75 Å². The summed E-state index contributed by atoms with van der Waals surface area (Å²) in [6.07, 6.45) is 0. The molecular weight excluding hydrogens is 251 g/mol. The fourth-order valence-electron chi connectivity index (χ4n) is 2.43. The molecule has 0 spiro atoms. The third kappa shape index (κ3) is 1.91. The van der Waals surface area contributed by atoms with E-state index in [-0.39, 0.29) is 5.75 Å². The predicted molar refractivity (Wildman–Crippen MR) is 81.3 cm³/mol. The van der Waals surface area contributed by atoms with Gasteiger partial charge in [0.2, 0.25) is 0 Å². The molecule has 0 unspecified atom stereocenters. The van der Waals surface area contributed by atoms with Gasteiger partial charge in [0.1, 0.15) is 5.75 Å². The van der Waals surface area contributed by atoms with Crippen molar-refractivity contribution in [2.45, 2.75) is 38.9 Å². The largest absolute Gasteiger partial charge is 0.508 e. The Hall–Kier alpha value is -1.52. The van der Waals surface area contributed by atoms with E-state index in [1.54, 1.807) is 0 Å². The number of hydrogen-bond donors (Lipinski definition) is 1. The SMILES string of the molecule is CC1(C)OB(c2ccc3ccccc3c2O)OC1(C)C. The van der Waals surface area contributed by atoms with Crippen molar-refractivity contribution in [3.05, 3.63) is 36.4 Å². The number of phenolic OH excluding ortho intramolecular Hbond substituents is 1. The van der Waals surface area contributed by atoms with Gasteiger partial charge in [-0.15, -0.1) is 0 Å². The Bertz CT molecular complexity index is 648. The van der Waals surface area contributed by atoms with E-state index >= 15 is 0 Å². The van der Waals surface area contributed by atoms with Crippen LogP contribution in [0.5, 0.6) is 5.75 Å². The highest BCUT2D eigenvalue weighted by Crippen LogP contribution is 2.37. The molecule has 3 rings (SSSR count). The first-order valence-electron chi connectivity index (χ1n) is 6.88. The summed E-state index contributed by atoms with van der Waals surface area (Å²) in [6.45, 7) is 8.02. The van der Waals surface area contributed by atoms with Gasteiger partial charge in [0, 0.05) is 10.8 Å². The Morgan fingerprint density at radius 2 is 1.50 bits per heavy atom. The molecule has 0 amide bonds. The number of fused-ring (bicyclic) bond motifs is 1. The van der Waals surface area contributed by atoms with E-state index in [2.05, 4.69) is 0 Å². The average Bonchev–Trinajstić information content (AvgIpc) is 2.59. The minimum Gasteiger partial charge on any atom is -0.508 e. The highest BCUT2D eigenvalue weighted by atomic mass is 16.7. The van der Waals surface area contributed by atoms with Gasteiger partial charge in [-0.2, -0.15) is 0 Å². The van der Waals surface area contributed by atoms with Gasteiger partial charge in [-0.25, -0.2) is 0 Å². The zero-order chi connectivity index (χ0) is 14.5. The Morgan fingerprint density at radius 3 is 2.15 bits per heavy atom. The minimum atomic E-state index is -0.537. The van der Waals surface area contributed by atoms with Crippen molar-refractivity contribution in [2.75, 3.05) is 0 Å². The lowest BCUT2D eigenvalue weighted by atomic mass is 9.77. The molecular formula is C16H19BO3. The van der Waals surface area contributed by atoms with Crippen LogP contribution in [-0.2, 0) is 9.31 Å². The molecule has 0 atom stereocenters. The normalized spacial score (nSPS) is 20.5. The van der Waals surface area contributed by atoms with Crippen LogP contribution in [0, 0.1) is 0 Å². The fourth-order valence-corrected chi connectivity index (χ4v) is 2.43. The number of aromatic hydroxyl groups is 1. The van der Waals surface area contributed by atoms with Crippen LogP contribution in [0.2, 0.25) is 0 Å². The van der Waals surface area contributed by atoms with Gasteiger partial charge in [-0.1, -0.05) is 36.4 Å². The van der Waals surface area contributed by atoms with Crippen LogP contribution in [0.3, 0.4) is 0 Å². The molecule has 1 N–H and O–H groups in total. The van der Waals surface area contributed by atoms with E-state index in [9.17, 15) is 5.11 Å². The molecule has 20 heavy (non-hydrogen) atoms. The molecule has 0 saturated carbocycles. The summed E-state index contributed by atoms with van der Waals surface area (Å²) in [5.74, 6) is 0.238. The first-order valence-corrected chi connectivity index (χ1v) is 6.88. The van der Waals surface area contributed by atoms with Crippen LogP contribution in [0.1, 0.15) is 27.7 Å². The van der Waals surface area contributed by atoms with Crippen LogP contribution >= 0.6 is 0 Å². The second kappa shape index (κ2) is 4.24. The van der Waals surface area contributed by atoms with Crippen LogP contribution in [0.25, 0.3) is 10.8 Å². The Balaban J connectivity index is 2.06. The first kappa shape index (κ1) is 13.5. The molecule has 1 saturated heterocycles. The maximum absolute atomic E-state index is 10.5. The summed E-state index contributed by atoms with van der Waals surface area (Å²) in [6, 6.07) is 11.6. The average molecular weight is 270 g/mol. The molecule has 1 aliphatic rings. The third-order valence-corrected chi connectivity index (χ3v) is 4.44. The standard InChI is InChI=1S/C16H19BO3/c1-15(2)16(3,4)20-17(19-15)13-10-9-11-7-5-6-8-12(11)14(13)18/h5-10,18H,1-4H3. The summed E-state index contributed by atoms with van der Waals surface area (Å²) < 4.78 is 12.0. The van der Waals surface area contributed by atoms with Gasteiger partial charge in [0.15, 0.2) is 0 Å². The van der Waals surface area contributed by atoms with Crippen molar-refractivity contribution in [2.24, 2.45) is 0 Å². The van der Waals surface area contributed by atoms with E-state index in [4.69, 9.17) is 9.31 Å². The zero-order valence-corrected chi connectivity index (χ0v) is 12.3. The van der Waals surface area contributed by atoms with Gasteiger partial charge in [0.25, 0.3) is 0 Å². The van der Waals surface area contributed by atoms with E-state index in [1.165, 1.54) is 0 Å². The Kier molecular flexibility index (Phi) is 2.85. The monoisotopic (exact) mass is 270 g/mol. The van der Waals surface area contributed by atoms with Crippen LogP contribution in [-0.4, -0.2) is 23.4 Å². The van der Waals surface area contributed by atoms with Gasteiger partial charge in [-0.3, -0.25) is 0 Å². The van der Waals surface area contributed by atoms with Crippen molar-refractivity contribution >= 4 is 23.4 Å². The van der Waals surface area contributed by atoms with Gasteiger partial charge >= 0.3 is 7.12 Å². The molecule has 1 heterocycles. The second-order valence-corrected chi connectivity index (χ2v) is 6.31. The molecule has 104 valence electrons. The van der Waals surface area contributed by atoms with E-state index in [1.807, 2.05) is 64.1 Å². The van der Waals surface area contributed by atoms with Crippen molar-refractivity contribution < 1.29 is 14.4 Å². The fraction of sp³-hybridized carbons (Fsp3) is 0.375. The van der Waals surface area contributed by atoms with E-state index in [0.29, 0.717) is 5.46 Å². The van der Waals surface area contributed by atoms with Gasteiger partial charge < -0.3 is 14.4 Å². The number of hydrogen-bond acceptors (Lipinski definition) is 3. The lowest BCUT2D eigenvalue weighted by Gasteiger charge is -2.32. The van der Waals surface area contributed by atoms with Gasteiger partial charge in [0.05, 0.1) is 11.2 Å². The summed E-state index contributed by atoms with van der Waals surface area (Å²) in [4.78, 5) is 0. The third-order valence-electron chi connectivity index (χ3n) is 4.44. The number of benzene rings is 2. The first-order chi connectivity index (χ1) is 9.32. The Labute approximate surface area is 119 Å². The molecule has 0 aromatic heterocycles. The molecule has 4 heteroatoms. The molecule has 0 radical (unpaired) electrons. The minimum absolute atomic E-state index is 0.238. The van der Waals surface area contributed by atoms with E-state index < -0.39 is 18.3 Å². The molecule has 2 aromatic rings. The predicted octanol–water partition coefficient (Wildman–Crippen LogP) is 2.84. The number of rotatable bonds is 1. The molecule has 2 aromatic carbocycles. The van der Waals surface area contributed by atoms with E-state index in [0.717, 1.165) is 10.8 Å². The quantitative estimate of drug-likeness (QED) is 0.810. The maximum Gasteiger partial charge on any atom is 0.498 e.